The molecule has 15 heavy (non-hydrogen) atoms. The molecule has 0 amide bonds. The summed E-state index contributed by atoms with van der Waals surface area (Å²) in [5, 5.41) is 9.38. The lowest BCUT2D eigenvalue weighted by Crippen LogP contribution is -2.31. The van der Waals surface area contributed by atoms with Crippen LogP contribution in [-0.2, 0) is 11.2 Å². The largest absolute Gasteiger partial charge is 0.508 e. The van der Waals surface area contributed by atoms with E-state index in [4.69, 9.17) is 0 Å². The third-order valence-electron chi connectivity index (χ3n) is 2.98. The van der Waals surface area contributed by atoms with E-state index >= 15 is 0 Å². The first-order chi connectivity index (χ1) is 7.26. The molecule has 1 unspecified atom stereocenters. The van der Waals surface area contributed by atoms with Gasteiger partial charge in [-0.05, 0) is 37.1 Å². The van der Waals surface area contributed by atoms with Crippen LogP contribution >= 0.6 is 0 Å². The van der Waals surface area contributed by atoms with Gasteiger partial charge in [-0.2, -0.15) is 0 Å². The summed E-state index contributed by atoms with van der Waals surface area (Å²) in [6.45, 7) is 2.98. The Bertz CT molecular complexity index is 376. The maximum atomic E-state index is 10.6. The predicted octanol–water partition coefficient (Wildman–Crippen LogP) is 1.73. The van der Waals surface area contributed by atoms with E-state index in [0.717, 1.165) is 30.5 Å². The van der Waals surface area contributed by atoms with Gasteiger partial charge >= 0.3 is 0 Å². The second-order valence-corrected chi connectivity index (χ2v) is 3.86. The summed E-state index contributed by atoms with van der Waals surface area (Å²) in [5.41, 5.74) is 2.30. The van der Waals surface area contributed by atoms with Crippen molar-refractivity contribution in [3.63, 3.8) is 0 Å². The van der Waals surface area contributed by atoms with Crippen LogP contribution in [0.3, 0.4) is 0 Å². The van der Waals surface area contributed by atoms with Gasteiger partial charge in [0.05, 0.1) is 0 Å². The van der Waals surface area contributed by atoms with E-state index in [2.05, 4.69) is 11.8 Å². The smallest absolute Gasteiger partial charge is 0.122 e. The van der Waals surface area contributed by atoms with E-state index in [-0.39, 0.29) is 6.04 Å². The van der Waals surface area contributed by atoms with Crippen LogP contribution in [-0.4, -0.2) is 24.0 Å². The minimum atomic E-state index is 0.268. The molecular weight excluding hydrogens is 190 g/mol. The molecule has 0 fully saturated rings. The van der Waals surface area contributed by atoms with Crippen LogP contribution in [0.25, 0.3) is 0 Å². The molecular formula is C12H15NO2. The van der Waals surface area contributed by atoms with Gasteiger partial charge in [0.25, 0.3) is 0 Å². The molecule has 0 saturated heterocycles. The summed E-state index contributed by atoms with van der Waals surface area (Å²) in [6, 6.07) is 5.69. The molecule has 0 radical (unpaired) electrons. The van der Waals surface area contributed by atoms with E-state index < -0.39 is 0 Å². The first-order valence-electron chi connectivity index (χ1n) is 5.28. The van der Waals surface area contributed by atoms with Crippen molar-refractivity contribution >= 4 is 12.0 Å². The molecule has 0 spiro atoms. The molecule has 3 heteroatoms. The molecule has 0 bridgehead atoms. The third-order valence-corrected chi connectivity index (χ3v) is 2.98. The fourth-order valence-electron chi connectivity index (χ4n) is 2.33. The van der Waals surface area contributed by atoms with E-state index in [1.807, 2.05) is 6.07 Å². The summed E-state index contributed by atoms with van der Waals surface area (Å²) >= 11 is 0. The van der Waals surface area contributed by atoms with Crippen LogP contribution in [0.5, 0.6) is 5.75 Å². The second-order valence-electron chi connectivity index (χ2n) is 3.86. The van der Waals surface area contributed by atoms with Gasteiger partial charge in [-0.3, -0.25) is 0 Å². The standard InChI is InChI=1S/C12H15NO2/c1-2-13-10(5-6-14)7-9-8-11(15)3-4-12(9)13/h3-4,6,8,10,15H,2,5,7H2,1H3. The predicted molar refractivity (Wildman–Crippen MR) is 59.3 cm³/mol. The molecule has 0 aromatic heterocycles. The Morgan fingerprint density at radius 2 is 2.40 bits per heavy atom. The van der Waals surface area contributed by atoms with E-state index in [0.29, 0.717) is 12.2 Å². The number of nitrogens with zero attached hydrogens (tertiary/aromatic N) is 1. The summed E-state index contributed by atoms with van der Waals surface area (Å²) < 4.78 is 0. The number of carbonyl (C=O) groups excluding carboxylic acids is 1. The fourth-order valence-corrected chi connectivity index (χ4v) is 2.33. The first-order valence-corrected chi connectivity index (χ1v) is 5.28. The third kappa shape index (κ3) is 1.69. The molecule has 1 aliphatic rings. The van der Waals surface area contributed by atoms with Crippen molar-refractivity contribution in [2.75, 3.05) is 11.4 Å². The minimum absolute atomic E-state index is 0.268. The molecule has 0 saturated carbocycles. The summed E-state index contributed by atoms with van der Waals surface area (Å²) in [6.07, 6.45) is 2.39. The van der Waals surface area contributed by atoms with E-state index in [9.17, 15) is 9.90 Å². The number of phenolic OH excluding ortho intramolecular Hbond substituents is 1. The quantitative estimate of drug-likeness (QED) is 0.764. The minimum Gasteiger partial charge on any atom is -0.508 e. The Morgan fingerprint density at radius 3 is 3.07 bits per heavy atom. The van der Waals surface area contributed by atoms with Crippen LogP contribution in [0.15, 0.2) is 18.2 Å². The lowest BCUT2D eigenvalue weighted by Gasteiger charge is -2.24. The highest BCUT2D eigenvalue weighted by atomic mass is 16.3. The number of phenols is 1. The molecule has 0 aliphatic carbocycles. The van der Waals surface area contributed by atoms with Crippen molar-refractivity contribution in [3.05, 3.63) is 23.8 Å². The van der Waals surface area contributed by atoms with E-state index in [1.165, 1.54) is 0 Å². The fraction of sp³-hybridized carbons (Fsp3) is 0.417. The van der Waals surface area contributed by atoms with Crippen LogP contribution < -0.4 is 4.90 Å². The molecule has 1 heterocycles. The Balaban J connectivity index is 2.32. The molecule has 3 nitrogen and oxygen atoms in total. The zero-order chi connectivity index (χ0) is 10.8. The van der Waals surface area contributed by atoms with Crippen molar-refractivity contribution in [1.29, 1.82) is 0 Å². The molecule has 1 aromatic rings. The number of benzene rings is 1. The van der Waals surface area contributed by atoms with Gasteiger partial charge in [0.15, 0.2) is 0 Å². The van der Waals surface area contributed by atoms with Gasteiger partial charge in [0.2, 0.25) is 0 Å². The number of fused-ring (bicyclic) bond motifs is 1. The van der Waals surface area contributed by atoms with Crippen molar-refractivity contribution in [3.8, 4) is 5.75 Å². The Hall–Kier alpha value is -1.51. The average molecular weight is 205 g/mol. The van der Waals surface area contributed by atoms with Gasteiger partial charge in [-0.25, -0.2) is 0 Å². The van der Waals surface area contributed by atoms with Crippen LogP contribution in [0.2, 0.25) is 0 Å². The number of likely N-dealkylation sites (N-methyl/N-ethyl adjacent to an activating group) is 1. The van der Waals surface area contributed by atoms with Gasteiger partial charge < -0.3 is 14.8 Å². The Morgan fingerprint density at radius 1 is 1.60 bits per heavy atom. The monoisotopic (exact) mass is 205 g/mol. The molecule has 80 valence electrons. The van der Waals surface area contributed by atoms with Crippen LogP contribution in [0.4, 0.5) is 5.69 Å². The van der Waals surface area contributed by atoms with Crippen LogP contribution in [0.1, 0.15) is 18.9 Å². The lowest BCUT2D eigenvalue weighted by molar-refractivity contribution is -0.108. The van der Waals surface area contributed by atoms with Crippen molar-refractivity contribution in [2.24, 2.45) is 0 Å². The highest BCUT2D eigenvalue weighted by Gasteiger charge is 2.27. The zero-order valence-corrected chi connectivity index (χ0v) is 8.81. The molecule has 1 N–H and O–H groups in total. The molecule has 1 aromatic carbocycles. The number of anilines is 1. The maximum Gasteiger partial charge on any atom is 0.122 e. The van der Waals surface area contributed by atoms with Gasteiger partial charge in [0, 0.05) is 24.7 Å². The topological polar surface area (TPSA) is 40.5 Å². The highest BCUT2D eigenvalue weighted by Crippen LogP contribution is 2.34. The SMILES string of the molecule is CCN1c2ccc(O)cc2CC1CC=O. The van der Waals surface area contributed by atoms with Crippen molar-refractivity contribution < 1.29 is 9.90 Å². The van der Waals surface area contributed by atoms with Crippen molar-refractivity contribution in [1.82, 2.24) is 0 Å². The average Bonchev–Trinajstić information content (AvgIpc) is 2.54. The van der Waals surface area contributed by atoms with Crippen molar-refractivity contribution in [2.45, 2.75) is 25.8 Å². The van der Waals surface area contributed by atoms with Gasteiger partial charge in [-0.15, -0.1) is 0 Å². The number of hydrogen-bond donors (Lipinski definition) is 1. The van der Waals surface area contributed by atoms with E-state index in [1.54, 1.807) is 12.1 Å². The number of carbonyl (C=O) groups is 1. The number of hydrogen-bond acceptors (Lipinski definition) is 3. The Kier molecular flexibility index (Phi) is 2.62. The van der Waals surface area contributed by atoms with Gasteiger partial charge in [-0.1, -0.05) is 0 Å². The summed E-state index contributed by atoms with van der Waals surface area (Å²) in [7, 11) is 0. The highest BCUT2D eigenvalue weighted by molar-refractivity contribution is 5.64. The molecule has 1 atom stereocenters. The maximum absolute atomic E-state index is 10.6. The first kappa shape index (κ1) is 10.0. The Labute approximate surface area is 89.3 Å². The molecule has 2 rings (SSSR count). The molecule has 1 aliphatic heterocycles. The normalized spacial score (nSPS) is 19.0. The number of rotatable bonds is 3. The number of aromatic hydroxyl groups is 1. The van der Waals surface area contributed by atoms with Crippen LogP contribution in [0, 0.1) is 0 Å². The zero-order valence-electron chi connectivity index (χ0n) is 8.81. The summed E-state index contributed by atoms with van der Waals surface area (Å²) in [4.78, 5) is 12.8. The number of aldehydes is 1. The second kappa shape index (κ2) is 3.93. The lowest BCUT2D eigenvalue weighted by atomic mass is 10.1. The summed E-state index contributed by atoms with van der Waals surface area (Å²) in [5.74, 6) is 0.302. The van der Waals surface area contributed by atoms with Gasteiger partial charge in [0.1, 0.15) is 12.0 Å².